The van der Waals surface area contributed by atoms with E-state index in [0.717, 1.165) is 40.7 Å². The number of fused-ring (bicyclic) bond motifs is 3. The fourth-order valence-corrected chi connectivity index (χ4v) is 5.65. The van der Waals surface area contributed by atoms with Crippen LogP contribution < -0.4 is 10.5 Å². The van der Waals surface area contributed by atoms with E-state index in [2.05, 4.69) is 25.8 Å². The van der Waals surface area contributed by atoms with Crippen molar-refractivity contribution in [3.63, 3.8) is 0 Å². The summed E-state index contributed by atoms with van der Waals surface area (Å²) in [4.78, 5) is 34.6. The Balaban J connectivity index is 1.65. The van der Waals surface area contributed by atoms with Gasteiger partial charge in [0.05, 0.1) is 11.7 Å². The van der Waals surface area contributed by atoms with Crippen molar-refractivity contribution in [2.24, 2.45) is 11.3 Å². The molecule has 0 unspecified atom stereocenters. The molecule has 0 bridgehead atoms. The minimum atomic E-state index is -0.108. The van der Waals surface area contributed by atoms with Crippen molar-refractivity contribution in [2.75, 3.05) is 11.4 Å². The average molecular weight is 424 g/mol. The second-order valence-electron chi connectivity index (χ2n) is 9.14. The van der Waals surface area contributed by atoms with Crippen LogP contribution in [-0.4, -0.2) is 22.0 Å². The lowest BCUT2D eigenvalue weighted by Crippen LogP contribution is -2.36. The van der Waals surface area contributed by atoms with Crippen molar-refractivity contribution in [1.82, 2.24) is 9.55 Å². The van der Waals surface area contributed by atoms with Gasteiger partial charge in [0.1, 0.15) is 11.4 Å². The predicted octanol–water partition coefficient (Wildman–Crippen LogP) is 4.66. The number of hydrogen-bond donors (Lipinski definition) is 0. The molecule has 30 heavy (non-hydrogen) atoms. The van der Waals surface area contributed by atoms with Crippen LogP contribution in [0.25, 0.3) is 10.2 Å². The molecule has 0 saturated heterocycles. The Labute approximate surface area is 181 Å². The van der Waals surface area contributed by atoms with Gasteiger partial charge in [-0.15, -0.1) is 11.3 Å². The van der Waals surface area contributed by atoms with E-state index < -0.39 is 0 Å². The number of carbonyl (C=O) groups excluding carboxylic acids is 1. The van der Waals surface area contributed by atoms with Gasteiger partial charge >= 0.3 is 0 Å². The molecule has 0 radical (unpaired) electrons. The maximum atomic E-state index is 13.3. The Bertz CT molecular complexity index is 1130. The second kappa shape index (κ2) is 7.99. The highest BCUT2D eigenvalue weighted by atomic mass is 32.1. The average Bonchev–Trinajstić information content (AvgIpc) is 3.09. The molecule has 4 rings (SSSR count). The number of amides is 1. The van der Waals surface area contributed by atoms with Crippen molar-refractivity contribution in [1.29, 1.82) is 0 Å². The maximum Gasteiger partial charge on any atom is 0.262 e. The molecule has 0 spiro atoms. The van der Waals surface area contributed by atoms with Gasteiger partial charge < -0.3 is 4.90 Å². The Morgan fingerprint density at radius 2 is 2.00 bits per heavy atom. The number of likely N-dealkylation sites (N-methyl/N-ethyl adjacent to an activating group) is 1. The number of hydrogen-bond acceptors (Lipinski definition) is 4. The van der Waals surface area contributed by atoms with Gasteiger partial charge in [-0.25, -0.2) is 4.98 Å². The molecule has 1 aromatic carbocycles. The largest absolute Gasteiger partial charge is 0.311 e. The van der Waals surface area contributed by atoms with E-state index >= 15 is 0 Å². The number of thiophene rings is 1. The fraction of sp³-hybridized carbons (Fsp3) is 0.458. The quantitative estimate of drug-likeness (QED) is 0.613. The number of nitrogens with zero attached hydrogens (tertiary/aromatic N) is 3. The van der Waals surface area contributed by atoms with Crippen molar-refractivity contribution >= 4 is 33.1 Å². The van der Waals surface area contributed by atoms with Crippen LogP contribution in [0.1, 0.15) is 44.6 Å². The Morgan fingerprint density at radius 3 is 2.67 bits per heavy atom. The molecule has 1 aliphatic carbocycles. The van der Waals surface area contributed by atoms with Gasteiger partial charge in [0.25, 0.3) is 5.56 Å². The minimum absolute atomic E-state index is 0.000254. The molecule has 3 aromatic rings. The number of aryl methyl sites for hydroxylation is 1. The summed E-state index contributed by atoms with van der Waals surface area (Å²) >= 11 is 1.65. The molecule has 0 aliphatic heterocycles. The van der Waals surface area contributed by atoms with E-state index in [-0.39, 0.29) is 23.4 Å². The van der Waals surface area contributed by atoms with E-state index in [1.807, 2.05) is 37.3 Å². The summed E-state index contributed by atoms with van der Waals surface area (Å²) in [5.41, 5.74) is 2.16. The first-order chi connectivity index (χ1) is 14.3. The summed E-state index contributed by atoms with van der Waals surface area (Å²) in [6, 6.07) is 9.56. The van der Waals surface area contributed by atoms with E-state index in [4.69, 9.17) is 0 Å². The van der Waals surface area contributed by atoms with Crippen molar-refractivity contribution in [3.8, 4) is 0 Å². The van der Waals surface area contributed by atoms with E-state index in [1.54, 1.807) is 16.2 Å². The molecule has 158 valence electrons. The molecular formula is C24H29N3O2S. The van der Waals surface area contributed by atoms with Gasteiger partial charge in [-0.1, -0.05) is 39.0 Å². The maximum absolute atomic E-state index is 13.3. The van der Waals surface area contributed by atoms with Gasteiger partial charge in [-0.05, 0) is 55.2 Å². The van der Waals surface area contributed by atoms with Crippen LogP contribution in [0, 0.1) is 11.3 Å². The SMILES string of the molecule is CCN(C(=O)Cn1cnc2sc3c(c2c1=O)CC[C@@H](C(C)(C)C)C3)c1ccccc1. The number of rotatable bonds is 4. The number of aromatic nitrogens is 2. The molecular weight excluding hydrogens is 394 g/mol. The topological polar surface area (TPSA) is 55.2 Å². The van der Waals surface area contributed by atoms with Gasteiger partial charge in [-0.3, -0.25) is 14.2 Å². The third kappa shape index (κ3) is 3.81. The number of carbonyl (C=O) groups is 1. The lowest BCUT2D eigenvalue weighted by molar-refractivity contribution is -0.119. The van der Waals surface area contributed by atoms with Crippen LogP contribution in [0.2, 0.25) is 0 Å². The van der Waals surface area contributed by atoms with Crippen LogP contribution in [-0.2, 0) is 24.2 Å². The zero-order valence-corrected chi connectivity index (χ0v) is 19.0. The monoisotopic (exact) mass is 423 g/mol. The number of anilines is 1. The zero-order chi connectivity index (χ0) is 21.5. The zero-order valence-electron chi connectivity index (χ0n) is 18.1. The first-order valence-electron chi connectivity index (χ1n) is 10.6. The smallest absolute Gasteiger partial charge is 0.262 e. The summed E-state index contributed by atoms with van der Waals surface area (Å²) in [6.07, 6.45) is 4.55. The second-order valence-corrected chi connectivity index (χ2v) is 10.2. The van der Waals surface area contributed by atoms with Gasteiger partial charge in [0, 0.05) is 17.1 Å². The van der Waals surface area contributed by atoms with Crippen LogP contribution in [0.4, 0.5) is 5.69 Å². The third-order valence-corrected chi connectivity index (χ3v) is 7.41. The Kier molecular flexibility index (Phi) is 5.53. The molecule has 1 aliphatic rings. The normalized spacial score (nSPS) is 16.5. The van der Waals surface area contributed by atoms with Crippen molar-refractivity contribution in [3.05, 3.63) is 57.5 Å². The third-order valence-electron chi connectivity index (χ3n) is 6.25. The molecule has 2 heterocycles. The van der Waals surface area contributed by atoms with E-state index in [0.29, 0.717) is 12.5 Å². The van der Waals surface area contributed by atoms with Crippen LogP contribution in [0.5, 0.6) is 0 Å². The molecule has 0 N–H and O–H groups in total. The Morgan fingerprint density at radius 1 is 1.27 bits per heavy atom. The number of para-hydroxylation sites is 1. The summed E-state index contributed by atoms with van der Waals surface area (Å²) in [7, 11) is 0. The molecule has 1 amide bonds. The molecule has 0 saturated carbocycles. The molecule has 1 atom stereocenters. The minimum Gasteiger partial charge on any atom is -0.311 e. The molecule has 2 aromatic heterocycles. The molecule has 0 fully saturated rings. The predicted molar refractivity (Wildman–Crippen MR) is 123 cm³/mol. The summed E-state index contributed by atoms with van der Waals surface area (Å²) in [5, 5.41) is 0.723. The summed E-state index contributed by atoms with van der Waals surface area (Å²) < 4.78 is 1.47. The fourth-order valence-electron chi connectivity index (χ4n) is 4.39. The van der Waals surface area contributed by atoms with E-state index in [1.165, 1.54) is 15.8 Å². The molecule has 6 heteroatoms. The van der Waals surface area contributed by atoms with Crippen LogP contribution >= 0.6 is 11.3 Å². The van der Waals surface area contributed by atoms with Gasteiger partial charge in [0.15, 0.2) is 0 Å². The highest BCUT2D eigenvalue weighted by Gasteiger charge is 2.31. The molecule has 5 nitrogen and oxygen atoms in total. The first-order valence-corrected chi connectivity index (χ1v) is 11.5. The highest BCUT2D eigenvalue weighted by Crippen LogP contribution is 2.41. The van der Waals surface area contributed by atoms with Crippen molar-refractivity contribution in [2.45, 2.75) is 53.5 Å². The summed E-state index contributed by atoms with van der Waals surface area (Å²) in [5.74, 6) is 0.509. The van der Waals surface area contributed by atoms with E-state index in [9.17, 15) is 9.59 Å². The highest BCUT2D eigenvalue weighted by molar-refractivity contribution is 7.18. The van der Waals surface area contributed by atoms with Crippen molar-refractivity contribution < 1.29 is 4.79 Å². The first kappa shape index (κ1) is 20.8. The van der Waals surface area contributed by atoms with Gasteiger partial charge in [-0.2, -0.15) is 0 Å². The van der Waals surface area contributed by atoms with Crippen LogP contribution in [0.15, 0.2) is 41.5 Å². The Hall–Kier alpha value is -2.47. The standard InChI is InChI=1S/C24H29N3O2S/c1-5-27(17-9-7-6-8-10-17)20(28)14-26-15-25-22-21(23(26)29)18-12-11-16(24(2,3)4)13-19(18)30-22/h6-10,15-16H,5,11-14H2,1-4H3/t16-/m1/s1. The summed E-state index contributed by atoms with van der Waals surface area (Å²) in [6.45, 7) is 9.36. The lowest BCUT2D eigenvalue weighted by atomic mass is 9.72. The van der Waals surface area contributed by atoms with Crippen LogP contribution in [0.3, 0.4) is 0 Å². The van der Waals surface area contributed by atoms with Gasteiger partial charge in [0.2, 0.25) is 5.91 Å². The number of benzene rings is 1. The lowest BCUT2D eigenvalue weighted by Gasteiger charge is -2.33.